The molecular formula is C12H15NO2. The fourth-order valence-electron chi connectivity index (χ4n) is 1.13. The van der Waals surface area contributed by atoms with Crippen LogP contribution >= 0.6 is 0 Å². The lowest BCUT2D eigenvalue weighted by molar-refractivity contribution is -0.163. The Balaban J connectivity index is 2.85. The summed E-state index contributed by atoms with van der Waals surface area (Å²) in [7, 11) is 3.05. The molecule has 0 radical (unpaired) electrons. The van der Waals surface area contributed by atoms with E-state index < -0.39 is 0 Å². The summed E-state index contributed by atoms with van der Waals surface area (Å²) >= 11 is 0. The van der Waals surface area contributed by atoms with Gasteiger partial charge in [0.1, 0.15) is 0 Å². The molecular weight excluding hydrogens is 190 g/mol. The maximum absolute atomic E-state index is 11.7. The number of hydrogen-bond donors (Lipinski definition) is 0. The number of carbonyl (C=O) groups is 1. The first kappa shape index (κ1) is 11.5. The smallest absolute Gasteiger partial charge is 0.274 e. The SMILES string of the molecule is CON(C)C(=O)C1=C/C=C\C(C)=C/C=C\1. The van der Waals surface area contributed by atoms with Crippen LogP contribution in [-0.2, 0) is 9.63 Å². The van der Waals surface area contributed by atoms with Crippen LogP contribution in [0.1, 0.15) is 6.92 Å². The van der Waals surface area contributed by atoms with Gasteiger partial charge in [-0.15, -0.1) is 0 Å². The van der Waals surface area contributed by atoms with Crippen molar-refractivity contribution in [1.82, 2.24) is 5.06 Å². The molecule has 0 heterocycles. The highest BCUT2D eigenvalue weighted by Gasteiger charge is 2.11. The van der Waals surface area contributed by atoms with Gasteiger partial charge in [-0.3, -0.25) is 9.63 Å². The molecule has 3 heteroatoms. The minimum absolute atomic E-state index is 0.161. The molecule has 0 saturated heterocycles. The Hall–Kier alpha value is -1.61. The van der Waals surface area contributed by atoms with Crippen molar-refractivity contribution in [2.75, 3.05) is 14.2 Å². The molecule has 3 nitrogen and oxygen atoms in total. The maximum atomic E-state index is 11.7. The Labute approximate surface area is 90.0 Å². The summed E-state index contributed by atoms with van der Waals surface area (Å²) in [6.45, 7) is 2.00. The van der Waals surface area contributed by atoms with E-state index in [4.69, 9.17) is 4.84 Å². The van der Waals surface area contributed by atoms with E-state index in [0.717, 1.165) is 5.57 Å². The Morgan fingerprint density at radius 2 is 1.93 bits per heavy atom. The van der Waals surface area contributed by atoms with Gasteiger partial charge in [-0.2, -0.15) is 0 Å². The first-order valence-corrected chi connectivity index (χ1v) is 4.70. The fourth-order valence-corrected chi connectivity index (χ4v) is 1.13. The molecule has 0 aromatic heterocycles. The number of allylic oxidation sites excluding steroid dienone is 6. The van der Waals surface area contributed by atoms with E-state index in [-0.39, 0.29) is 5.91 Å². The predicted octanol–water partition coefficient (Wildman–Crippen LogP) is 2.00. The molecule has 0 bridgehead atoms. The summed E-state index contributed by atoms with van der Waals surface area (Å²) in [5.74, 6) is -0.161. The first-order chi connectivity index (χ1) is 7.15. The minimum atomic E-state index is -0.161. The van der Waals surface area contributed by atoms with Crippen molar-refractivity contribution in [3.8, 4) is 0 Å². The van der Waals surface area contributed by atoms with E-state index in [1.807, 2.05) is 31.2 Å². The van der Waals surface area contributed by atoms with Crippen LogP contribution in [0.25, 0.3) is 0 Å². The molecule has 0 spiro atoms. The quantitative estimate of drug-likeness (QED) is 0.645. The Morgan fingerprint density at radius 1 is 1.27 bits per heavy atom. The lowest BCUT2D eigenvalue weighted by Gasteiger charge is -2.13. The number of carbonyl (C=O) groups excluding carboxylic acids is 1. The number of nitrogens with zero attached hydrogens (tertiary/aromatic N) is 1. The molecule has 0 unspecified atom stereocenters. The molecule has 1 rings (SSSR count). The summed E-state index contributed by atoms with van der Waals surface area (Å²) in [5, 5.41) is 1.20. The third-order valence-corrected chi connectivity index (χ3v) is 2.08. The number of likely N-dealkylation sites (N-methyl/N-ethyl adjacent to an activating group) is 1. The molecule has 0 aromatic rings. The topological polar surface area (TPSA) is 29.5 Å². The molecule has 0 N–H and O–H groups in total. The van der Waals surface area contributed by atoms with Gasteiger partial charge in [0, 0.05) is 12.6 Å². The third-order valence-electron chi connectivity index (χ3n) is 2.08. The van der Waals surface area contributed by atoms with Crippen LogP contribution in [0, 0.1) is 0 Å². The van der Waals surface area contributed by atoms with Crippen molar-refractivity contribution in [3.05, 3.63) is 47.6 Å². The first-order valence-electron chi connectivity index (χ1n) is 4.70. The number of rotatable bonds is 2. The number of amides is 1. The average Bonchev–Trinajstić information content (AvgIpc) is 2.21. The summed E-state index contributed by atoms with van der Waals surface area (Å²) in [4.78, 5) is 16.5. The second kappa shape index (κ2) is 5.32. The highest BCUT2D eigenvalue weighted by atomic mass is 16.7. The van der Waals surface area contributed by atoms with Crippen LogP contribution in [0.15, 0.2) is 47.6 Å². The largest absolute Gasteiger partial charge is 0.277 e. The minimum Gasteiger partial charge on any atom is -0.274 e. The van der Waals surface area contributed by atoms with Crippen molar-refractivity contribution >= 4 is 5.91 Å². The van der Waals surface area contributed by atoms with Gasteiger partial charge in [0.15, 0.2) is 0 Å². The van der Waals surface area contributed by atoms with Gasteiger partial charge in [-0.1, -0.05) is 29.9 Å². The molecule has 0 fully saturated rings. The molecule has 80 valence electrons. The van der Waals surface area contributed by atoms with E-state index in [2.05, 4.69) is 0 Å². The van der Waals surface area contributed by atoms with Crippen LogP contribution in [0.3, 0.4) is 0 Å². The van der Waals surface area contributed by atoms with Crippen LogP contribution in [0.5, 0.6) is 0 Å². The maximum Gasteiger partial charge on any atom is 0.277 e. The Morgan fingerprint density at radius 3 is 2.60 bits per heavy atom. The predicted molar refractivity (Wildman–Crippen MR) is 59.9 cm³/mol. The average molecular weight is 205 g/mol. The van der Waals surface area contributed by atoms with Gasteiger partial charge in [0.2, 0.25) is 0 Å². The van der Waals surface area contributed by atoms with Gasteiger partial charge in [-0.25, -0.2) is 5.06 Å². The van der Waals surface area contributed by atoms with E-state index in [1.54, 1.807) is 19.2 Å². The van der Waals surface area contributed by atoms with Crippen molar-refractivity contribution in [2.24, 2.45) is 0 Å². The molecule has 1 aliphatic carbocycles. The van der Waals surface area contributed by atoms with Gasteiger partial charge >= 0.3 is 0 Å². The molecule has 1 amide bonds. The van der Waals surface area contributed by atoms with E-state index in [0.29, 0.717) is 5.57 Å². The Kier molecular flexibility index (Phi) is 4.06. The van der Waals surface area contributed by atoms with Gasteiger partial charge < -0.3 is 0 Å². The lowest BCUT2D eigenvalue weighted by Crippen LogP contribution is -2.26. The zero-order valence-corrected chi connectivity index (χ0v) is 9.23. The molecule has 15 heavy (non-hydrogen) atoms. The molecule has 1 aliphatic rings. The normalized spacial score (nSPS) is 26.3. The van der Waals surface area contributed by atoms with Crippen LogP contribution in [0.4, 0.5) is 0 Å². The standard InChI is InChI=1S/C12H15NO2/c1-10-6-4-8-11(9-5-7-10)12(14)13(2)15-3/h4-9H,1-3H3/b6-4-,7-5?,8-4?,9-5-,10-6?,10-7-,11-8+,11-9?. The monoisotopic (exact) mass is 205 g/mol. The fraction of sp³-hybridized carbons (Fsp3) is 0.250. The zero-order valence-electron chi connectivity index (χ0n) is 9.23. The second-order valence-electron chi connectivity index (χ2n) is 3.24. The summed E-state index contributed by atoms with van der Waals surface area (Å²) in [6, 6.07) is 0. The second-order valence-corrected chi connectivity index (χ2v) is 3.24. The van der Waals surface area contributed by atoms with Gasteiger partial charge in [0.25, 0.3) is 5.91 Å². The highest BCUT2D eigenvalue weighted by molar-refractivity contribution is 5.95. The molecule has 0 saturated carbocycles. The number of hydroxylamine groups is 2. The lowest BCUT2D eigenvalue weighted by atomic mass is 10.1. The summed E-state index contributed by atoms with van der Waals surface area (Å²) < 4.78 is 0. The molecule has 0 aliphatic heterocycles. The van der Waals surface area contributed by atoms with Gasteiger partial charge in [-0.05, 0) is 19.1 Å². The Bertz CT molecular complexity index is 362. The van der Waals surface area contributed by atoms with Crippen LogP contribution in [0.2, 0.25) is 0 Å². The third kappa shape index (κ3) is 3.22. The van der Waals surface area contributed by atoms with Crippen LogP contribution < -0.4 is 0 Å². The van der Waals surface area contributed by atoms with Crippen molar-refractivity contribution in [3.63, 3.8) is 0 Å². The van der Waals surface area contributed by atoms with Crippen molar-refractivity contribution in [1.29, 1.82) is 0 Å². The zero-order chi connectivity index (χ0) is 11.3. The molecule has 0 atom stereocenters. The van der Waals surface area contributed by atoms with E-state index in [9.17, 15) is 4.79 Å². The van der Waals surface area contributed by atoms with Crippen molar-refractivity contribution in [2.45, 2.75) is 6.92 Å². The van der Waals surface area contributed by atoms with E-state index >= 15 is 0 Å². The summed E-state index contributed by atoms with van der Waals surface area (Å²) in [5.41, 5.74) is 1.74. The highest BCUT2D eigenvalue weighted by Crippen LogP contribution is 2.08. The number of hydrogen-bond acceptors (Lipinski definition) is 2. The summed E-state index contributed by atoms with van der Waals surface area (Å²) in [6.07, 6.45) is 11.1. The van der Waals surface area contributed by atoms with Crippen LogP contribution in [-0.4, -0.2) is 25.1 Å². The van der Waals surface area contributed by atoms with Gasteiger partial charge in [0.05, 0.1) is 7.11 Å². The van der Waals surface area contributed by atoms with E-state index in [1.165, 1.54) is 12.2 Å². The molecule has 0 aromatic carbocycles. The van der Waals surface area contributed by atoms with Crippen molar-refractivity contribution < 1.29 is 9.63 Å².